The van der Waals surface area contributed by atoms with Gasteiger partial charge in [0.05, 0.1) is 17.8 Å². The van der Waals surface area contributed by atoms with Crippen molar-refractivity contribution in [3.63, 3.8) is 0 Å². The maximum atomic E-state index is 14.3. The number of primary amides is 1. The van der Waals surface area contributed by atoms with E-state index in [-0.39, 0.29) is 24.3 Å². The standard InChI is InChI=1S/C37H47N7O7/c1-20(2)29-30-23(5)25(24-11-15-42(16-12-24)18-28(38)45)9-10-27(30)44(31(29)26-17-43-32(39-19-40-43)22(4)21(26)3)35(48)51-50-33(46)37(13-14-37)41-34(47)49-36(6,7)8/h9-10,17,19-20,24H,11-16,18H2,1-8H3,(H2,38,45)(H,41,47). The maximum absolute atomic E-state index is 14.3. The number of piperidine rings is 1. The highest BCUT2D eigenvalue weighted by molar-refractivity contribution is 6.02. The van der Waals surface area contributed by atoms with Crippen molar-refractivity contribution in [1.82, 2.24) is 29.4 Å². The number of nitrogens with zero attached hydrogens (tertiary/aromatic N) is 5. The Morgan fingerprint density at radius 1 is 1.02 bits per heavy atom. The first-order chi connectivity index (χ1) is 24.0. The van der Waals surface area contributed by atoms with Crippen molar-refractivity contribution in [3.8, 4) is 11.3 Å². The van der Waals surface area contributed by atoms with Gasteiger partial charge < -0.3 is 15.8 Å². The van der Waals surface area contributed by atoms with E-state index in [4.69, 9.17) is 20.2 Å². The average Bonchev–Trinajstić information content (AvgIpc) is 3.51. The van der Waals surface area contributed by atoms with Crippen LogP contribution < -0.4 is 11.1 Å². The molecule has 14 heteroatoms. The lowest BCUT2D eigenvalue weighted by Gasteiger charge is -2.32. The van der Waals surface area contributed by atoms with Crippen molar-refractivity contribution >= 4 is 40.6 Å². The fourth-order valence-electron chi connectivity index (χ4n) is 7.32. The van der Waals surface area contributed by atoms with E-state index in [0.29, 0.717) is 29.7 Å². The lowest BCUT2D eigenvalue weighted by molar-refractivity contribution is -0.235. The molecule has 4 aromatic rings. The lowest BCUT2D eigenvalue weighted by atomic mass is 9.84. The first-order valence-electron chi connectivity index (χ1n) is 17.4. The first-order valence-corrected chi connectivity index (χ1v) is 17.4. The zero-order valence-corrected chi connectivity index (χ0v) is 30.6. The summed E-state index contributed by atoms with van der Waals surface area (Å²) in [6.07, 6.45) is 4.03. The number of likely N-dealkylation sites (tertiary alicyclic amines) is 1. The quantitative estimate of drug-likeness (QED) is 0.183. The molecule has 1 aliphatic carbocycles. The number of alkyl carbamates (subject to hydrolysis) is 1. The van der Waals surface area contributed by atoms with Crippen LogP contribution in [0.1, 0.15) is 100.0 Å². The van der Waals surface area contributed by atoms with Gasteiger partial charge in [-0.2, -0.15) is 5.10 Å². The SMILES string of the molecule is Cc1c(-c2c(C(C)C)c3c(C)c(C4CCN(CC(N)=O)CC4)ccc3n2C(=O)OOC(=O)C2(NC(=O)OC(C)(C)C)CC2)cn2ncnc2c1C. The number of nitrogens with two attached hydrogens (primary N) is 1. The Bertz CT molecular complexity index is 2040. The zero-order chi connectivity index (χ0) is 37.0. The van der Waals surface area contributed by atoms with Gasteiger partial charge in [-0.15, -0.1) is 0 Å². The number of ether oxygens (including phenoxy) is 1. The van der Waals surface area contributed by atoms with Gasteiger partial charge in [-0.1, -0.05) is 19.9 Å². The summed E-state index contributed by atoms with van der Waals surface area (Å²) in [5, 5.41) is 7.90. The molecule has 3 aromatic heterocycles. The summed E-state index contributed by atoms with van der Waals surface area (Å²) in [5.41, 5.74) is 11.0. The molecule has 0 spiro atoms. The molecule has 1 aliphatic heterocycles. The van der Waals surface area contributed by atoms with Gasteiger partial charge in [-0.05, 0) is 126 Å². The van der Waals surface area contributed by atoms with Crippen LogP contribution in [0.4, 0.5) is 9.59 Å². The summed E-state index contributed by atoms with van der Waals surface area (Å²) in [5.74, 6) is -1.01. The van der Waals surface area contributed by atoms with Crippen LogP contribution in [0.2, 0.25) is 0 Å². The highest BCUT2D eigenvalue weighted by Crippen LogP contribution is 2.44. The molecule has 272 valence electrons. The molecular weight excluding hydrogens is 654 g/mol. The number of hydrogen-bond acceptors (Lipinski definition) is 10. The van der Waals surface area contributed by atoms with E-state index >= 15 is 0 Å². The van der Waals surface area contributed by atoms with Gasteiger partial charge in [0, 0.05) is 17.1 Å². The summed E-state index contributed by atoms with van der Waals surface area (Å²) in [6, 6.07) is 3.98. The van der Waals surface area contributed by atoms with Crippen molar-refractivity contribution < 1.29 is 33.7 Å². The summed E-state index contributed by atoms with van der Waals surface area (Å²) >= 11 is 0. The largest absolute Gasteiger partial charge is 0.461 e. The van der Waals surface area contributed by atoms with Crippen LogP contribution in [0.15, 0.2) is 24.7 Å². The monoisotopic (exact) mass is 701 g/mol. The summed E-state index contributed by atoms with van der Waals surface area (Å²) in [6.45, 7) is 17.1. The molecule has 2 fully saturated rings. The average molecular weight is 702 g/mol. The lowest BCUT2D eigenvalue weighted by Crippen LogP contribution is -2.46. The Labute approximate surface area is 296 Å². The number of aromatic nitrogens is 4. The highest BCUT2D eigenvalue weighted by Gasteiger charge is 2.55. The van der Waals surface area contributed by atoms with E-state index in [1.807, 2.05) is 26.1 Å². The highest BCUT2D eigenvalue weighted by atomic mass is 17.2. The van der Waals surface area contributed by atoms with Gasteiger partial charge >= 0.3 is 18.2 Å². The second kappa shape index (κ2) is 13.3. The van der Waals surface area contributed by atoms with Gasteiger partial charge in [0.2, 0.25) is 5.91 Å². The van der Waals surface area contributed by atoms with Gasteiger partial charge in [-0.25, -0.2) is 38.2 Å². The number of amides is 2. The number of hydrogen-bond donors (Lipinski definition) is 2. The Balaban J connectivity index is 1.42. The van der Waals surface area contributed by atoms with Crippen molar-refractivity contribution in [1.29, 1.82) is 0 Å². The fourth-order valence-corrected chi connectivity index (χ4v) is 7.32. The van der Waals surface area contributed by atoms with Crippen molar-refractivity contribution in [2.45, 2.75) is 104 Å². The predicted octanol–water partition coefficient (Wildman–Crippen LogP) is 5.56. The van der Waals surface area contributed by atoms with Crippen molar-refractivity contribution in [2.75, 3.05) is 19.6 Å². The number of aryl methyl sites for hydroxylation is 2. The molecule has 1 saturated carbocycles. The molecule has 3 N–H and O–H groups in total. The Hall–Kier alpha value is -4.98. The second-order valence-corrected chi connectivity index (χ2v) is 15.2. The van der Waals surface area contributed by atoms with Gasteiger partial charge in [0.1, 0.15) is 17.5 Å². The zero-order valence-electron chi connectivity index (χ0n) is 30.6. The molecule has 0 atom stereocenters. The summed E-state index contributed by atoms with van der Waals surface area (Å²) < 4.78 is 8.48. The summed E-state index contributed by atoms with van der Waals surface area (Å²) in [7, 11) is 0. The number of carbonyl (C=O) groups excluding carboxylic acids is 4. The number of pyridine rings is 1. The van der Waals surface area contributed by atoms with Crippen molar-refractivity contribution in [2.24, 2.45) is 5.73 Å². The van der Waals surface area contributed by atoms with E-state index in [1.54, 1.807) is 25.3 Å². The van der Waals surface area contributed by atoms with Gasteiger partial charge in [-0.3, -0.25) is 9.69 Å². The van der Waals surface area contributed by atoms with Gasteiger partial charge in [0.25, 0.3) is 0 Å². The van der Waals surface area contributed by atoms with E-state index < -0.39 is 29.3 Å². The number of carbonyl (C=O) groups is 4. The molecular formula is C37H47N7O7. The Morgan fingerprint density at radius 2 is 1.71 bits per heavy atom. The van der Waals surface area contributed by atoms with E-state index in [0.717, 1.165) is 59.1 Å². The topological polar surface area (TPSA) is 172 Å². The number of rotatable bonds is 7. The maximum Gasteiger partial charge on any atom is 0.461 e. The Kier molecular flexibility index (Phi) is 9.34. The Morgan fingerprint density at radius 3 is 2.31 bits per heavy atom. The molecule has 14 nitrogen and oxygen atoms in total. The molecule has 6 rings (SSSR count). The van der Waals surface area contributed by atoms with E-state index in [1.165, 1.54) is 16.5 Å². The van der Waals surface area contributed by atoms with Crippen LogP contribution in [-0.4, -0.2) is 78.9 Å². The minimum Gasteiger partial charge on any atom is -0.444 e. The van der Waals surface area contributed by atoms with E-state index in [2.05, 4.69) is 47.1 Å². The third kappa shape index (κ3) is 6.88. The fraction of sp³-hybridized carbons (Fsp3) is 0.514. The van der Waals surface area contributed by atoms with Crippen LogP contribution in [0.3, 0.4) is 0 Å². The number of fused-ring (bicyclic) bond motifs is 2. The van der Waals surface area contributed by atoms with Crippen LogP contribution in [0, 0.1) is 20.8 Å². The number of nitrogens with one attached hydrogen (secondary N) is 1. The molecule has 1 aromatic carbocycles. The van der Waals surface area contributed by atoms with Crippen LogP contribution in [0.5, 0.6) is 0 Å². The third-order valence-electron chi connectivity index (χ3n) is 10.1. The number of benzene rings is 1. The molecule has 2 amide bonds. The normalized spacial score (nSPS) is 16.4. The predicted molar refractivity (Wildman–Crippen MR) is 189 cm³/mol. The minimum absolute atomic E-state index is 0.0376. The van der Waals surface area contributed by atoms with Crippen LogP contribution in [0.25, 0.3) is 27.8 Å². The minimum atomic E-state index is -1.34. The molecule has 51 heavy (non-hydrogen) atoms. The summed E-state index contributed by atoms with van der Waals surface area (Å²) in [4.78, 5) is 68.5. The van der Waals surface area contributed by atoms with E-state index in [9.17, 15) is 19.2 Å². The molecule has 4 heterocycles. The third-order valence-corrected chi connectivity index (χ3v) is 10.1. The molecule has 0 bridgehead atoms. The molecule has 0 radical (unpaired) electrons. The first kappa shape index (κ1) is 35.8. The van der Waals surface area contributed by atoms with Crippen LogP contribution in [-0.2, 0) is 24.1 Å². The molecule has 2 aliphatic rings. The smallest absolute Gasteiger partial charge is 0.444 e. The molecule has 1 saturated heterocycles. The van der Waals surface area contributed by atoms with Crippen LogP contribution >= 0.6 is 0 Å². The second-order valence-electron chi connectivity index (χ2n) is 15.2. The molecule has 0 unspecified atom stereocenters. The van der Waals surface area contributed by atoms with Crippen molar-refractivity contribution in [3.05, 3.63) is 52.5 Å². The van der Waals surface area contributed by atoms with Gasteiger partial charge in [0.15, 0.2) is 5.65 Å².